The topological polar surface area (TPSA) is 114 Å². The van der Waals surface area contributed by atoms with E-state index in [1.165, 1.54) is 14.2 Å². The van der Waals surface area contributed by atoms with E-state index >= 15 is 0 Å². The van der Waals surface area contributed by atoms with Crippen LogP contribution < -0.4 is 10.6 Å². The zero-order chi connectivity index (χ0) is 15.4. The van der Waals surface area contributed by atoms with Crippen LogP contribution in [0.15, 0.2) is 0 Å². The van der Waals surface area contributed by atoms with Gasteiger partial charge in [0.1, 0.15) is 0 Å². The number of carbonyl (C=O) groups is 3. The molecule has 0 aromatic rings. The summed E-state index contributed by atoms with van der Waals surface area (Å²) in [5, 5.41) is 13.1. The van der Waals surface area contributed by atoms with Crippen LogP contribution in [-0.2, 0) is 19.1 Å². The quantitative estimate of drug-likeness (QED) is 0.492. The first-order valence-corrected chi connectivity index (χ1v) is 6.30. The van der Waals surface area contributed by atoms with Crippen molar-refractivity contribution in [3.63, 3.8) is 0 Å². The van der Waals surface area contributed by atoms with E-state index < -0.39 is 17.9 Å². The van der Waals surface area contributed by atoms with Gasteiger partial charge in [0.05, 0.1) is 12.7 Å². The van der Waals surface area contributed by atoms with Crippen molar-refractivity contribution in [2.75, 3.05) is 27.4 Å². The van der Waals surface area contributed by atoms with Crippen LogP contribution in [0.1, 0.15) is 25.7 Å². The van der Waals surface area contributed by atoms with E-state index in [1.807, 2.05) is 0 Å². The smallest absolute Gasteiger partial charge is 0.321 e. The molecule has 3 amide bonds. The summed E-state index contributed by atoms with van der Waals surface area (Å²) in [4.78, 5) is 33.0. The van der Waals surface area contributed by atoms with Gasteiger partial charge in [-0.05, 0) is 12.8 Å². The molecule has 0 aliphatic rings. The number of ether oxygens (including phenoxy) is 2. The number of imide groups is 1. The van der Waals surface area contributed by atoms with Crippen LogP contribution in [-0.4, -0.2) is 56.5 Å². The Morgan fingerprint density at radius 3 is 2.35 bits per heavy atom. The second-order valence-electron chi connectivity index (χ2n) is 4.17. The molecular formula is C12H22N2O6. The molecule has 1 unspecified atom stereocenters. The molecular weight excluding hydrogens is 268 g/mol. The second kappa shape index (κ2) is 11.2. The molecule has 0 heterocycles. The van der Waals surface area contributed by atoms with Crippen LogP contribution in [0.3, 0.4) is 0 Å². The van der Waals surface area contributed by atoms with Crippen LogP contribution in [0.5, 0.6) is 0 Å². The first kappa shape index (κ1) is 18.3. The summed E-state index contributed by atoms with van der Waals surface area (Å²) in [5.74, 6) is -1.33. The number of amides is 3. The predicted molar refractivity (Wildman–Crippen MR) is 70.3 cm³/mol. The summed E-state index contributed by atoms with van der Waals surface area (Å²) < 4.78 is 9.92. The highest BCUT2D eigenvalue weighted by Gasteiger charge is 2.11. The normalized spacial score (nSPS) is 11.7. The number of urea groups is 1. The number of carbonyl (C=O) groups excluding carboxylic acids is 2. The summed E-state index contributed by atoms with van der Waals surface area (Å²) in [7, 11) is 3.02. The maximum absolute atomic E-state index is 11.4. The molecule has 8 heteroatoms. The Morgan fingerprint density at radius 2 is 1.80 bits per heavy atom. The van der Waals surface area contributed by atoms with Gasteiger partial charge in [0.15, 0.2) is 0 Å². The van der Waals surface area contributed by atoms with Gasteiger partial charge in [-0.1, -0.05) is 0 Å². The molecule has 0 aromatic carbocycles. The number of carboxylic acid groups (broad SMARTS) is 1. The van der Waals surface area contributed by atoms with Crippen molar-refractivity contribution in [1.82, 2.24) is 10.6 Å². The first-order chi connectivity index (χ1) is 9.49. The molecule has 116 valence electrons. The van der Waals surface area contributed by atoms with E-state index in [2.05, 4.69) is 10.6 Å². The lowest BCUT2D eigenvalue weighted by Gasteiger charge is -2.15. The lowest BCUT2D eigenvalue weighted by molar-refractivity contribution is -0.137. The van der Waals surface area contributed by atoms with Crippen LogP contribution >= 0.6 is 0 Å². The van der Waals surface area contributed by atoms with Crippen LogP contribution in [0, 0.1) is 0 Å². The maximum atomic E-state index is 11.4. The molecule has 8 nitrogen and oxygen atoms in total. The van der Waals surface area contributed by atoms with Gasteiger partial charge in [-0.15, -0.1) is 0 Å². The Balaban J connectivity index is 3.73. The van der Waals surface area contributed by atoms with Gasteiger partial charge >= 0.3 is 12.0 Å². The second-order valence-corrected chi connectivity index (χ2v) is 4.17. The molecule has 0 spiro atoms. The van der Waals surface area contributed by atoms with E-state index in [0.29, 0.717) is 19.4 Å². The largest absolute Gasteiger partial charge is 0.481 e. The van der Waals surface area contributed by atoms with Crippen molar-refractivity contribution in [3.05, 3.63) is 0 Å². The third-order valence-corrected chi connectivity index (χ3v) is 2.47. The minimum Gasteiger partial charge on any atom is -0.481 e. The number of unbranched alkanes of at least 4 members (excludes halogenated alkanes) is 1. The molecule has 0 aromatic heterocycles. The van der Waals surface area contributed by atoms with Gasteiger partial charge in [0.2, 0.25) is 5.91 Å². The molecule has 3 N–H and O–H groups in total. The van der Waals surface area contributed by atoms with Gasteiger partial charge in [-0.2, -0.15) is 0 Å². The Hall–Kier alpha value is -1.67. The van der Waals surface area contributed by atoms with Crippen molar-refractivity contribution in [2.45, 2.75) is 31.8 Å². The number of methoxy groups -OCH3 is 2. The highest BCUT2D eigenvalue weighted by molar-refractivity contribution is 5.94. The minimum atomic E-state index is -0.896. The van der Waals surface area contributed by atoms with Gasteiger partial charge in [-0.25, -0.2) is 4.79 Å². The van der Waals surface area contributed by atoms with Gasteiger partial charge in [0, 0.05) is 33.6 Å². The van der Waals surface area contributed by atoms with Crippen molar-refractivity contribution in [1.29, 1.82) is 0 Å². The fraction of sp³-hybridized carbons (Fsp3) is 0.750. The molecule has 1 atom stereocenters. The Morgan fingerprint density at radius 1 is 1.15 bits per heavy atom. The molecule has 0 saturated heterocycles. The first-order valence-electron chi connectivity index (χ1n) is 6.30. The average Bonchev–Trinajstić information content (AvgIpc) is 2.39. The molecule has 0 radical (unpaired) electrons. The van der Waals surface area contributed by atoms with Crippen molar-refractivity contribution < 1.29 is 29.0 Å². The number of hydrogen-bond donors (Lipinski definition) is 3. The monoisotopic (exact) mass is 290 g/mol. The predicted octanol–water partition coefficient (Wildman–Crippen LogP) is 0.119. The summed E-state index contributed by atoms with van der Waals surface area (Å²) in [6.07, 6.45) is 0.689. The van der Waals surface area contributed by atoms with Crippen molar-refractivity contribution in [2.24, 2.45) is 0 Å². The number of aliphatic carboxylic acids is 1. The van der Waals surface area contributed by atoms with Crippen molar-refractivity contribution in [3.8, 4) is 0 Å². The Kier molecular flexibility index (Phi) is 10.2. The van der Waals surface area contributed by atoms with E-state index in [-0.39, 0.29) is 25.5 Å². The van der Waals surface area contributed by atoms with Gasteiger partial charge in [0.25, 0.3) is 0 Å². The van der Waals surface area contributed by atoms with Crippen LogP contribution in [0.25, 0.3) is 0 Å². The minimum absolute atomic E-state index is 0.0199. The number of carboxylic acids is 1. The number of rotatable bonds is 10. The number of nitrogens with one attached hydrogen (secondary N) is 2. The Labute approximate surface area is 117 Å². The number of hydrogen-bond acceptors (Lipinski definition) is 5. The van der Waals surface area contributed by atoms with E-state index in [1.54, 1.807) is 0 Å². The summed E-state index contributed by atoms with van der Waals surface area (Å²) in [6.45, 7) is 0.558. The van der Waals surface area contributed by atoms with Crippen LogP contribution in [0.4, 0.5) is 4.79 Å². The van der Waals surface area contributed by atoms with E-state index in [9.17, 15) is 14.4 Å². The average molecular weight is 290 g/mol. The SMILES string of the molecule is COCC(CNC(=O)NC(=O)CCCCC(=O)O)OC. The lowest BCUT2D eigenvalue weighted by atomic mass is 10.2. The van der Waals surface area contributed by atoms with E-state index in [0.717, 1.165) is 0 Å². The fourth-order valence-corrected chi connectivity index (χ4v) is 1.40. The molecule has 0 saturated carbocycles. The standard InChI is InChI=1S/C12H22N2O6/c1-19-8-9(20-2)7-13-12(18)14-10(15)5-3-4-6-11(16)17/h9H,3-8H2,1-2H3,(H,16,17)(H2,13,14,15,18). The zero-order valence-corrected chi connectivity index (χ0v) is 11.8. The van der Waals surface area contributed by atoms with Gasteiger partial charge in [-0.3, -0.25) is 14.9 Å². The molecule has 0 aliphatic carbocycles. The zero-order valence-electron chi connectivity index (χ0n) is 11.8. The highest BCUT2D eigenvalue weighted by Crippen LogP contribution is 1.99. The third-order valence-electron chi connectivity index (χ3n) is 2.47. The molecule has 0 fully saturated rings. The summed E-state index contributed by atoms with van der Waals surface area (Å²) in [5.41, 5.74) is 0. The molecule has 0 aliphatic heterocycles. The van der Waals surface area contributed by atoms with E-state index in [4.69, 9.17) is 14.6 Å². The Bertz CT molecular complexity index is 321. The van der Waals surface area contributed by atoms with Crippen LogP contribution in [0.2, 0.25) is 0 Å². The summed E-state index contributed by atoms with van der Waals surface area (Å²) >= 11 is 0. The fourth-order valence-electron chi connectivity index (χ4n) is 1.40. The molecule has 0 bridgehead atoms. The molecule has 20 heavy (non-hydrogen) atoms. The third kappa shape index (κ3) is 10.3. The highest BCUT2D eigenvalue weighted by atomic mass is 16.5. The molecule has 0 rings (SSSR count). The lowest BCUT2D eigenvalue weighted by Crippen LogP contribution is -2.43. The summed E-state index contributed by atoms with van der Waals surface area (Å²) in [6, 6.07) is -0.605. The van der Waals surface area contributed by atoms with Gasteiger partial charge < -0.3 is 19.9 Å². The maximum Gasteiger partial charge on any atom is 0.321 e. The van der Waals surface area contributed by atoms with Crippen molar-refractivity contribution >= 4 is 17.9 Å².